The van der Waals surface area contributed by atoms with Gasteiger partial charge in [-0.3, -0.25) is 4.79 Å². The third-order valence-corrected chi connectivity index (χ3v) is 3.51. The number of hydrogen-bond acceptors (Lipinski definition) is 4. The van der Waals surface area contributed by atoms with E-state index in [1.54, 1.807) is 24.0 Å². The Kier molecular flexibility index (Phi) is 7.33. The predicted molar refractivity (Wildman–Crippen MR) is 82.9 cm³/mol. The Morgan fingerprint density at radius 3 is 2.74 bits per heavy atom. The molecule has 0 saturated carbocycles. The Bertz CT molecular complexity index is 381. The minimum absolute atomic E-state index is 0.0945. The van der Waals surface area contributed by atoms with Crippen LogP contribution in [0.4, 0.5) is 5.69 Å². The molecule has 2 N–H and O–H groups in total. The molecule has 1 aromatic rings. The molecular weight excluding hydrogens is 258 g/mol. The second-order valence-electron chi connectivity index (χ2n) is 4.39. The van der Waals surface area contributed by atoms with E-state index < -0.39 is 0 Å². The van der Waals surface area contributed by atoms with E-state index >= 15 is 0 Å². The van der Waals surface area contributed by atoms with Gasteiger partial charge in [0.25, 0.3) is 5.91 Å². The Balaban J connectivity index is 2.56. The first-order valence-corrected chi connectivity index (χ1v) is 8.10. The van der Waals surface area contributed by atoms with Gasteiger partial charge in [-0.05, 0) is 31.2 Å². The van der Waals surface area contributed by atoms with Gasteiger partial charge >= 0.3 is 0 Å². The highest BCUT2D eigenvalue weighted by atomic mass is 32.2. The number of nitrogens with zero attached hydrogens (tertiary/aromatic N) is 1. The van der Waals surface area contributed by atoms with Crippen LogP contribution in [0.1, 0.15) is 37.2 Å². The fraction of sp³-hybridized carbons (Fsp3) is 0.571. The molecule has 1 rings (SSSR count). The van der Waals surface area contributed by atoms with Gasteiger partial charge in [0.15, 0.2) is 0 Å². The van der Waals surface area contributed by atoms with Crippen molar-refractivity contribution in [1.29, 1.82) is 0 Å². The van der Waals surface area contributed by atoms with Gasteiger partial charge < -0.3 is 10.6 Å². The van der Waals surface area contributed by atoms with Crippen molar-refractivity contribution in [2.75, 3.05) is 23.9 Å². The Hall–Kier alpha value is -1.23. The predicted octanol–water partition coefficient (Wildman–Crippen LogP) is 2.77. The van der Waals surface area contributed by atoms with E-state index in [9.17, 15) is 4.79 Å². The number of thioether (sulfide) groups is 1. The zero-order valence-corrected chi connectivity index (χ0v) is 12.7. The first-order chi connectivity index (χ1) is 9.21. The van der Waals surface area contributed by atoms with Crippen LogP contribution >= 0.6 is 11.8 Å². The molecule has 0 aliphatic rings. The van der Waals surface area contributed by atoms with Crippen molar-refractivity contribution in [2.45, 2.75) is 32.7 Å². The van der Waals surface area contributed by atoms with Gasteiger partial charge in [-0.1, -0.05) is 13.8 Å². The van der Waals surface area contributed by atoms with Crippen molar-refractivity contribution in [3.63, 3.8) is 0 Å². The number of anilines is 1. The van der Waals surface area contributed by atoms with Crippen molar-refractivity contribution in [2.24, 2.45) is 0 Å². The van der Waals surface area contributed by atoms with Crippen LogP contribution < -0.4 is 10.6 Å². The summed E-state index contributed by atoms with van der Waals surface area (Å²) < 4.78 is 0. The zero-order valence-electron chi connectivity index (χ0n) is 11.9. The average Bonchev–Trinajstić information content (AvgIpc) is 2.45. The van der Waals surface area contributed by atoms with Crippen LogP contribution in [0.25, 0.3) is 0 Å². The van der Waals surface area contributed by atoms with E-state index in [1.807, 2.05) is 12.3 Å². The fourth-order valence-electron chi connectivity index (χ4n) is 1.62. The van der Waals surface area contributed by atoms with Gasteiger partial charge in [0.05, 0.1) is 11.9 Å². The van der Waals surface area contributed by atoms with Crippen LogP contribution in [0.15, 0.2) is 18.3 Å². The van der Waals surface area contributed by atoms with E-state index in [0.717, 1.165) is 30.8 Å². The summed E-state index contributed by atoms with van der Waals surface area (Å²) >= 11 is 1.74. The molecule has 0 fully saturated rings. The molecule has 4 nitrogen and oxygen atoms in total. The van der Waals surface area contributed by atoms with Crippen LogP contribution in [-0.2, 0) is 0 Å². The molecule has 106 valence electrons. The number of amides is 1. The Morgan fingerprint density at radius 1 is 1.42 bits per heavy atom. The summed E-state index contributed by atoms with van der Waals surface area (Å²) in [5.74, 6) is 0.834. The second-order valence-corrected chi connectivity index (χ2v) is 5.30. The third kappa shape index (κ3) is 5.51. The number of carbonyl (C=O) groups is 1. The normalized spacial score (nSPS) is 11.9. The smallest absolute Gasteiger partial charge is 0.270 e. The zero-order chi connectivity index (χ0) is 14.1. The number of pyridine rings is 1. The summed E-state index contributed by atoms with van der Waals surface area (Å²) in [6.07, 6.45) is 5.75. The molecule has 1 amide bonds. The SMILES string of the molecule is CCCNc1ccc(C(=O)NC(CC)CSC)nc1. The summed E-state index contributed by atoms with van der Waals surface area (Å²) in [4.78, 5) is 16.2. The van der Waals surface area contributed by atoms with Gasteiger partial charge in [-0.15, -0.1) is 0 Å². The standard InChI is InChI=1S/C14H23N3OS/c1-4-8-15-12-6-7-13(16-9-12)14(18)17-11(5-2)10-19-3/h6-7,9,11,15H,4-5,8,10H2,1-3H3,(H,17,18). The van der Waals surface area contributed by atoms with E-state index in [0.29, 0.717) is 5.69 Å². The van der Waals surface area contributed by atoms with Gasteiger partial charge in [0.1, 0.15) is 5.69 Å². The van der Waals surface area contributed by atoms with Crippen molar-refractivity contribution >= 4 is 23.4 Å². The first-order valence-electron chi connectivity index (χ1n) is 6.71. The highest BCUT2D eigenvalue weighted by molar-refractivity contribution is 7.98. The molecule has 19 heavy (non-hydrogen) atoms. The fourth-order valence-corrected chi connectivity index (χ4v) is 2.35. The monoisotopic (exact) mass is 281 g/mol. The number of aromatic nitrogens is 1. The molecule has 1 heterocycles. The van der Waals surface area contributed by atoms with E-state index in [-0.39, 0.29) is 11.9 Å². The second kappa shape index (κ2) is 8.80. The minimum Gasteiger partial charge on any atom is -0.384 e. The van der Waals surface area contributed by atoms with Gasteiger partial charge in [0.2, 0.25) is 0 Å². The molecule has 1 atom stereocenters. The van der Waals surface area contributed by atoms with E-state index in [1.165, 1.54) is 0 Å². The van der Waals surface area contributed by atoms with Crippen molar-refractivity contribution in [3.05, 3.63) is 24.0 Å². The highest BCUT2D eigenvalue weighted by Crippen LogP contribution is 2.07. The molecule has 0 saturated heterocycles. The Labute approximate surface area is 119 Å². The summed E-state index contributed by atoms with van der Waals surface area (Å²) in [6, 6.07) is 3.87. The quantitative estimate of drug-likeness (QED) is 0.769. The molecule has 5 heteroatoms. The maximum Gasteiger partial charge on any atom is 0.270 e. The first kappa shape index (κ1) is 15.8. The highest BCUT2D eigenvalue weighted by Gasteiger charge is 2.12. The molecule has 1 unspecified atom stereocenters. The third-order valence-electron chi connectivity index (χ3n) is 2.77. The van der Waals surface area contributed by atoms with Crippen LogP contribution in [0.5, 0.6) is 0 Å². The summed E-state index contributed by atoms with van der Waals surface area (Å²) in [6.45, 7) is 5.10. The molecule has 0 aliphatic carbocycles. The van der Waals surface area contributed by atoms with Gasteiger partial charge in [-0.25, -0.2) is 4.98 Å². The van der Waals surface area contributed by atoms with E-state index in [2.05, 4.69) is 29.5 Å². The van der Waals surface area contributed by atoms with Crippen LogP contribution in [0.3, 0.4) is 0 Å². The minimum atomic E-state index is -0.0945. The number of hydrogen-bond donors (Lipinski definition) is 2. The molecule has 1 aromatic heterocycles. The van der Waals surface area contributed by atoms with Crippen LogP contribution in [0.2, 0.25) is 0 Å². The Morgan fingerprint density at radius 2 is 2.21 bits per heavy atom. The molecule has 0 aromatic carbocycles. The average molecular weight is 281 g/mol. The lowest BCUT2D eigenvalue weighted by molar-refractivity contribution is 0.0935. The maximum atomic E-state index is 12.0. The van der Waals surface area contributed by atoms with Crippen LogP contribution in [0, 0.1) is 0 Å². The molecule has 0 aliphatic heterocycles. The molecule has 0 radical (unpaired) electrons. The van der Waals surface area contributed by atoms with E-state index in [4.69, 9.17) is 0 Å². The summed E-state index contributed by atoms with van der Waals surface area (Å²) in [5, 5.41) is 6.24. The lowest BCUT2D eigenvalue weighted by atomic mass is 10.2. The van der Waals surface area contributed by atoms with Gasteiger partial charge in [0, 0.05) is 18.3 Å². The van der Waals surface area contributed by atoms with Crippen molar-refractivity contribution in [1.82, 2.24) is 10.3 Å². The summed E-state index contributed by atoms with van der Waals surface area (Å²) in [7, 11) is 0. The molecular formula is C14H23N3OS. The van der Waals surface area contributed by atoms with Crippen molar-refractivity contribution in [3.8, 4) is 0 Å². The lowest BCUT2D eigenvalue weighted by Gasteiger charge is -2.15. The summed E-state index contributed by atoms with van der Waals surface area (Å²) in [5.41, 5.74) is 1.43. The topological polar surface area (TPSA) is 54.0 Å². The molecule has 0 spiro atoms. The van der Waals surface area contributed by atoms with Crippen molar-refractivity contribution < 1.29 is 4.79 Å². The maximum absolute atomic E-state index is 12.0. The number of carbonyl (C=O) groups excluding carboxylic acids is 1. The van der Waals surface area contributed by atoms with Gasteiger partial charge in [-0.2, -0.15) is 11.8 Å². The number of rotatable bonds is 8. The number of nitrogens with one attached hydrogen (secondary N) is 2. The largest absolute Gasteiger partial charge is 0.384 e. The van der Waals surface area contributed by atoms with Crippen LogP contribution in [-0.4, -0.2) is 35.5 Å². The molecule has 0 bridgehead atoms. The lowest BCUT2D eigenvalue weighted by Crippen LogP contribution is -2.36.